The second-order valence-corrected chi connectivity index (χ2v) is 4.24. The SMILES string of the molecule is CCc1nccn1CCCc1cccc(N)c1. The fourth-order valence-electron chi connectivity index (χ4n) is 2.06. The molecule has 0 aliphatic carbocycles. The number of aromatic nitrogens is 2. The van der Waals surface area contributed by atoms with Crippen molar-refractivity contribution in [1.29, 1.82) is 0 Å². The van der Waals surface area contributed by atoms with Crippen LogP contribution in [0.4, 0.5) is 5.69 Å². The van der Waals surface area contributed by atoms with Gasteiger partial charge in [0.15, 0.2) is 0 Å². The first-order chi connectivity index (χ1) is 8.29. The highest BCUT2D eigenvalue weighted by molar-refractivity contribution is 5.40. The number of rotatable bonds is 5. The fraction of sp³-hybridized carbons (Fsp3) is 0.357. The fourth-order valence-corrected chi connectivity index (χ4v) is 2.06. The van der Waals surface area contributed by atoms with Crippen LogP contribution in [0.25, 0.3) is 0 Å². The number of hydrogen-bond donors (Lipinski definition) is 1. The lowest BCUT2D eigenvalue weighted by atomic mass is 10.1. The highest BCUT2D eigenvalue weighted by Crippen LogP contribution is 2.10. The molecular weight excluding hydrogens is 210 g/mol. The summed E-state index contributed by atoms with van der Waals surface area (Å²) in [7, 11) is 0. The molecule has 2 aromatic rings. The molecule has 0 saturated carbocycles. The third-order valence-corrected chi connectivity index (χ3v) is 2.93. The van der Waals surface area contributed by atoms with Gasteiger partial charge in [-0.2, -0.15) is 0 Å². The molecule has 2 N–H and O–H groups in total. The first-order valence-corrected chi connectivity index (χ1v) is 6.14. The number of aryl methyl sites for hydroxylation is 3. The van der Waals surface area contributed by atoms with Crippen molar-refractivity contribution in [3.8, 4) is 0 Å². The van der Waals surface area contributed by atoms with Crippen LogP contribution in [-0.4, -0.2) is 9.55 Å². The molecule has 3 nitrogen and oxygen atoms in total. The average molecular weight is 229 g/mol. The zero-order valence-corrected chi connectivity index (χ0v) is 10.3. The Hall–Kier alpha value is -1.77. The van der Waals surface area contributed by atoms with E-state index < -0.39 is 0 Å². The lowest BCUT2D eigenvalue weighted by Crippen LogP contribution is -2.03. The largest absolute Gasteiger partial charge is 0.399 e. The molecule has 0 radical (unpaired) electrons. The molecule has 0 aliphatic rings. The Morgan fingerprint density at radius 3 is 3.00 bits per heavy atom. The van der Waals surface area contributed by atoms with Crippen molar-refractivity contribution in [2.24, 2.45) is 0 Å². The van der Waals surface area contributed by atoms with Crippen molar-refractivity contribution in [3.05, 3.63) is 48.0 Å². The summed E-state index contributed by atoms with van der Waals surface area (Å²) in [5, 5.41) is 0. The van der Waals surface area contributed by atoms with E-state index in [-0.39, 0.29) is 0 Å². The number of nitrogen functional groups attached to an aromatic ring is 1. The van der Waals surface area contributed by atoms with E-state index in [9.17, 15) is 0 Å². The summed E-state index contributed by atoms with van der Waals surface area (Å²) in [5.74, 6) is 1.16. The molecule has 2 rings (SSSR count). The molecular formula is C14H19N3. The first-order valence-electron chi connectivity index (χ1n) is 6.14. The molecule has 1 heterocycles. The number of nitrogens with zero attached hydrogens (tertiary/aromatic N) is 2. The second kappa shape index (κ2) is 5.53. The van der Waals surface area contributed by atoms with Gasteiger partial charge in [-0.1, -0.05) is 19.1 Å². The maximum Gasteiger partial charge on any atom is 0.108 e. The van der Waals surface area contributed by atoms with Crippen LogP contribution in [0.1, 0.15) is 24.7 Å². The molecule has 0 atom stereocenters. The number of hydrogen-bond acceptors (Lipinski definition) is 2. The van der Waals surface area contributed by atoms with Gasteiger partial charge in [-0.15, -0.1) is 0 Å². The summed E-state index contributed by atoms with van der Waals surface area (Å²) in [6.07, 6.45) is 7.10. The van der Waals surface area contributed by atoms with E-state index in [2.05, 4.69) is 34.8 Å². The van der Waals surface area contributed by atoms with Gasteiger partial charge in [-0.05, 0) is 30.5 Å². The van der Waals surface area contributed by atoms with E-state index in [0.29, 0.717) is 0 Å². The highest BCUT2D eigenvalue weighted by atomic mass is 15.1. The maximum atomic E-state index is 5.76. The Kier molecular flexibility index (Phi) is 3.81. The average Bonchev–Trinajstić information content (AvgIpc) is 2.77. The number of nitrogens with two attached hydrogens (primary N) is 1. The zero-order chi connectivity index (χ0) is 12.1. The van der Waals surface area contributed by atoms with Crippen LogP contribution >= 0.6 is 0 Å². The standard InChI is InChI=1S/C14H19N3/c1-2-14-16-8-10-17(14)9-4-6-12-5-3-7-13(15)11-12/h3,5,7-8,10-11H,2,4,6,9,15H2,1H3. The quantitative estimate of drug-likeness (QED) is 0.801. The van der Waals surface area contributed by atoms with Crippen molar-refractivity contribution in [2.45, 2.75) is 32.7 Å². The van der Waals surface area contributed by atoms with Crippen LogP contribution in [0.3, 0.4) is 0 Å². The van der Waals surface area contributed by atoms with Gasteiger partial charge in [0.05, 0.1) is 0 Å². The molecule has 0 bridgehead atoms. The Labute approximate surface area is 102 Å². The van der Waals surface area contributed by atoms with Crippen LogP contribution in [0.5, 0.6) is 0 Å². The molecule has 0 saturated heterocycles. The van der Waals surface area contributed by atoms with Gasteiger partial charge in [0.2, 0.25) is 0 Å². The van der Waals surface area contributed by atoms with Gasteiger partial charge >= 0.3 is 0 Å². The summed E-state index contributed by atoms with van der Waals surface area (Å²) in [6.45, 7) is 3.16. The van der Waals surface area contributed by atoms with Gasteiger partial charge < -0.3 is 10.3 Å². The molecule has 17 heavy (non-hydrogen) atoms. The van der Waals surface area contributed by atoms with Gasteiger partial charge in [0.25, 0.3) is 0 Å². The van der Waals surface area contributed by atoms with E-state index in [1.165, 1.54) is 5.56 Å². The summed E-state index contributed by atoms with van der Waals surface area (Å²) in [5.41, 5.74) is 7.91. The lowest BCUT2D eigenvalue weighted by Gasteiger charge is -2.06. The summed E-state index contributed by atoms with van der Waals surface area (Å²) >= 11 is 0. The first kappa shape index (κ1) is 11.7. The van der Waals surface area contributed by atoms with E-state index in [1.54, 1.807) is 0 Å². The Morgan fingerprint density at radius 1 is 1.35 bits per heavy atom. The highest BCUT2D eigenvalue weighted by Gasteiger charge is 2.00. The monoisotopic (exact) mass is 229 g/mol. The molecule has 0 fully saturated rings. The minimum atomic E-state index is 0.847. The summed E-state index contributed by atoms with van der Waals surface area (Å²) < 4.78 is 2.23. The third kappa shape index (κ3) is 3.09. The van der Waals surface area contributed by atoms with E-state index >= 15 is 0 Å². The number of benzene rings is 1. The summed E-state index contributed by atoms with van der Waals surface area (Å²) in [6, 6.07) is 8.12. The Morgan fingerprint density at radius 2 is 2.24 bits per heavy atom. The molecule has 0 amide bonds. The third-order valence-electron chi connectivity index (χ3n) is 2.93. The van der Waals surface area contributed by atoms with E-state index in [4.69, 9.17) is 5.73 Å². The molecule has 90 valence electrons. The Balaban J connectivity index is 1.87. The smallest absolute Gasteiger partial charge is 0.108 e. The second-order valence-electron chi connectivity index (χ2n) is 4.24. The van der Waals surface area contributed by atoms with Crippen LogP contribution in [0, 0.1) is 0 Å². The Bertz CT molecular complexity index is 474. The molecule has 3 heteroatoms. The van der Waals surface area contributed by atoms with Crippen molar-refractivity contribution < 1.29 is 0 Å². The number of imidazole rings is 1. The zero-order valence-electron chi connectivity index (χ0n) is 10.3. The van der Waals surface area contributed by atoms with E-state index in [1.807, 2.05) is 18.3 Å². The molecule has 0 unspecified atom stereocenters. The maximum absolute atomic E-state index is 5.76. The van der Waals surface area contributed by atoms with Gasteiger partial charge in [-0.3, -0.25) is 0 Å². The van der Waals surface area contributed by atoms with Crippen LogP contribution in [0.15, 0.2) is 36.7 Å². The van der Waals surface area contributed by atoms with Crippen LogP contribution in [0.2, 0.25) is 0 Å². The topological polar surface area (TPSA) is 43.8 Å². The minimum absolute atomic E-state index is 0.847. The lowest BCUT2D eigenvalue weighted by molar-refractivity contribution is 0.614. The van der Waals surface area contributed by atoms with Crippen molar-refractivity contribution >= 4 is 5.69 Å². The van der Waals surface area contributed by atoms with Crippen molar-refractivity contribution in [2.75, 3.05) is 5.73 Å². The van der Waals surface area contributed by atoms with Crippen molar-refractivity contribution in [3.63, 3.8) is 0 Å². The minimum Gasteiger partial charge on any atom is -0.399 e. The normalized spacial score (nSPS) is 10.6. The number of anilines is 1. The van der Waals surface area contributed by atoms with Gasteiger partial charge in [0, 0.05) is 31.0 Å². The van der Waals surface area contributed by atoms with Crippen LogP contribution in [-0.2, 0) is 19.4 Å². The molecule has 0 spiro atoms. The molecule has 1 aromatic heterocycles. The van der Waals surface area contributed by atoms with Crippen molar-refractivity contribution in [1.82, 2.24) is 9.55 Å². The predicted octanol–water partition coefficient (Wildman–Crippen LogP) is 2.66. The van der Waals surface area contributed by atoms with E-state index in [0.717, 1.165) is 37.3 Å². The predicted molar refractivity (Wildman–Crippen MR) is 70.8 cm³/mol. The van der Waals surface area contributed by atoms with Gasteiger partial charge in [-0.25, -0.2) is 4.98 Å². The van der Waals surface area contributed by atoms with Gasteiger partial charge in [0.1, 0.15) is 5.82 Å². The molecule has 0 aliphatic heterocycles. The summed E-state index contributed by atoms with van der Waals surface area (Å²) in [4.78, 5) is 4.32. The molecule has 1 aromatic carbocycles. The van der Waals surface area contributed by atoms with Crippen LogP contribution < -0.4 is 5.73 Å².